The van der Waals surface area contributed by atoms with E-state index in [1.807, 2.05) is 18.2 Å². The first-order chi connectivity index (χ1) is 9.94. The summed E-state index contributed by atoms with van der Waals surface area (Å²) in [6.07, 6.45) is 1.59. The largest absolute Gasteiger partial charge is 0.497 e. The summed E-state index contributed by atoms with van der Waals surface area (Å²) in [5, 5.41) is 1.56. The molecule has 1 aliphatic rings. The zero-order valence-electron chi connectivity index (χ0n) is 12.0. The van der Waals surface area contributed by atoms with Crippen molar-refractivity contribution in [1.29, 1.82) is 0 Å². The fraction of sp³-hybridized carbons (Fsp3) is 0.600. The van der Waals surface area contributed by atoms with Crippen molar-refractivity contribution in [3.05, 3.63) is 29.8 Å². The van der Waals surface area contributed by atoms with E-state index in [4.69, 9.17) is 4.74 Å². The highest BCUT2D eigenvalue weighted by Gasteiger charge is 2.43. The molecule has 0 aromatic heterocycles. The Morgan fingerprint density at radius 1 is 1.33 bits per heavy atom. The second kappa shape index (κ2) is 7.01. The lowest BCUT2D eigenvalue weighted by Crippen LogP contribution is -2.37. The second-order valence-electron chi connectivity index (χ2n) is 5.76. The van der Waals surface area contributed by atoms with Gasteiger partial charge in [-0.25, -0.2) is 8.42 Å². The van der Waals surface area contributed by atoms with Gasteiger partial charge >= 0.3 is 0 Å². The summed E-state index contributed by atoms with van der Waals surface area (Å²) in [5.74, 6) is 1.64. The van der Waals surface area contributed by atoms with Crippen LogP contribution in [0.25, 0.3) is 0 Å². The molecule has 1 aromatic rings. The first-order valence-corrected chi connectivity index (χ1v) is 11.0. The van der Waals surface area contributed by atoms with Gasteiger partial charge in [-0.3, -0.25) is 0 Å². The zero-order chi connectivity index (χ0) is 15.5. The molecule has 0 saturated carbocycles. The first kappa shape index (κ1) is 17.3. The molecule has 1 atom stereocenters. The summed E-state index contributed by atoms with van der Waals surface area (Å²) in [6, 6.07) is 8.01. The molecule has 1 fully saturated rings. The monoisotopic (exact) mass is 438 g/mol. The van der Waals surface area contributed by atoms with Gasteiger partial charge < -0.3 is 4.74 Å². The number of alkyl halides is 2. The Hall–Kier alpha value is -0.0700. The summed E-state index contributed by atoms with van der Waals surface area (Å²) in [6.45, 7) is 0. The van der Waals surface area contributed by atoms with Gasteiger partial charge in [0.05, 0.1) is 18.6 Å². The Morgan fingerprint density at radius 3 is 2.57 bits per heavy atom. The number of rotatable bonds is 6. The third kappa shape index (κ3) is 4.02. The van der Waals surface area contributed by atoms with Crippen molar-refractivity contribution in [2.75, 3.05) is 29.3 Å². The van der Waals surface area contributed by atoms with Gasteiger partial charge in [0.25, 0.3) is 0 Å². The molecule has 0 spiro atoms. The molecule has 2 rings (SSSR count). The fourth-order valence-electron chi connectivity index (χ4n) is 2.96. The van der Waals surface area contributed by atoms with Gasteiger partial charge in [-0.2, -0.15) is 0 Å². The van der Waals surface area contributed by atoms with Crippen LogP contribution in [0.1, 0.15) is 12.0 Å². The molecule has 1 heterocycles. The van der Waals surface area contributed by atoms with Crippen LogP contribution in [-0.4, -0.2) is 37.7 Å². The minimum absolute atomic E-state index is 0.0874. The van der Waals surface area contributed by atoms with Crippen LogP contribution in [0.15, 0.2) is 24.3 Å². The van der Waals surface area contributed by atoms with Gasteiger partial charge in [-0.15, -0.1) is 0 Å². The van der Waals surface area contributed by atoms with Crippen molar-refractivity contribution in [3.8, 4) is 5.75 Å². The Morgan fingerprint density at radius 2 is 2.05 bits per heavy atom. The van der Waals surface area contributed by atoms with Crippen molar-refractivity contribution < 1.29 is 13.2 Å². The minimum Gasteiger partial charge on any atom is -0.497 e. The molecule has 1 aromatic carbocycles. The highest BCUT2D eigenvalue weighted by molar-refractivity contribution is 9.09. The van der Waals surface area contributed by atoms with Crippen molar-refractivity contribution >= 4 is 41.7 Å². The van der Waals surface area contributed by atoms with Crippen LogP contribution in [0.3, 0.4) is 0 Å². The average Bonchev–Trinajstić information content (AvgIpc) is 2.85. The van der Waals surface area contributed by atoms with E-state index in [0.717, 1.165) is 29.3 Å². The standard InChI is InChI=1S/C15H20Br2O3S/c1-20-14-4-2-3-12(7-14)8-15(10-16,11-17)13-5-6-21(18,19)9-13/h2-4,7,13H,5-6,8-11H2,1H3. The maximum absolute atomic E-state index is 11.8. The quantitative estimate of drug-likeness (QED) is 0.637. The van der Waals surface area contributed by atoms with Gasteiger partial charge in [-0.1, -0.05) is 44.0 Å². The topological polar surface area (TPSA) is 43.4 Å². The van der Waals surface area contributed by atoms with Gasteiger partial charge in [0, 0.05) is 10.7 Å². The summed E-state index contributed by atoms with van der Waals surface area (Å²) in [5.41, 5.74) is 1.09. The van der Waals surface area contributed by atoms with Crippen molar-refractivity contribution in [2.45, 2.75) is 12.8 Å². The minimum atomic E-state index is -2.87. The highest BCUT2D eigenvalue weighted by atomic mass is 79.9. The first-order valence-electron chi connectivity index (χ1n) is 6.90. The predicted molar refractivity (Wildman–Crippen MR) is 93.5 cm³/mol. The van der Waals surface area contributed by atoms with Crippen LogP contribution >= 0.6 is 31.9 Å². The summed E-state index contributed by atoms with van der Waals surface area (Å²) in [4.78, 5) is 0. The number of hydrogen-bond donors (Lipinski definition) is 0. The molecule has 1 unspecified atom stereocenters. The SMILES string of the molecule is COc1cccc(CC(CBr)(CBr)C2CCS(=O)(=O)C2)c1. The van der Waals surface area contributed by atoms with Crippen molar-refractivity contribution in [2.24, 2.45) is 11.3 Å². The number of sulfone groups is 1. The van der Waals surface area contributed by atoms with Gasteiger partial charge in [0.1, 0.15) is 5.75 Å². The molecule has 6 heteroatoms. The molecule has 0 N–H and O–H groups in total. The molecular formula is C15H20Br2O3S. The lowest BCUT2D eigenvalue weighted by Gasteiger charge is -2.36. The number of methoxy groups -OCH3 is 1. The molecule has 0 radical (unpaired) electrons. The summed E-state index contributed by atoms with van der Waals surface area (Å²) in [7, 11) is -1.21. The van der Waals surface area contributed by atoms with Crippen LogP contribution in [0, 0.1) is 11.3 Å². The summed E-state index contributed by atoms with van der Waals surface area (Å²) < 4.78 is 28.9. The molecule has 1 aliphatic heterocycles. The normalized spacial score (nSPS) is 21.4. The van der Waals surface area contributed by atoms with E-state index in [2.05, 4.69) is 37.9 Å². The van der Waals surface area contributed by atoms with E-state index >= 15 is 0 Å². The van der Waals surface area contributed by atoms with E-state index < -0.39 is 9.84 Å². The van der Waals surface area contributed by atoms with E-state index in [1.54, 1.807) is 7.11 Å². The predicted octanol–water partition coefficient (Wildman–Crippen LogP) is 3.45. The van der Waals surface area contributed by atoms with E-state index in [0.29, 0.717) is 11.5 Å². The third-order valence-electron chi connectivity index (χ3n) is 4.32. The van der Waals surface area contributed by atoms with Gasteiger partial charge in [-0.05, 0) is 41.9 Å². The van der Waals surface area contributed by atoms with Crippen LogP contribution in [0.4, 0.5) is 0 Å². The molecule has 1 saturated heterocycles. The zero-order valence-corrected chi connectivity index (χ0v) is 16.0. The smallest absolute Gasteiger partial charge is 0.150 e. The van der Waals surface area contributed by atoms with Crippen molar-refractivity contribution in [1.82, 2.24) is 0 Å². The highest BCUT2D eigenvalue weighted by Crippen LogP contribution is 2.42. The molecule has 21 heavy (non-hydrogen) atoms. The number of ether oxygens (including phenoxy) is 1. The maximum Gasteiger partial charge on any atom is 0.150 e. The van der Waals surface area contributed by atoms with Crippen LogP contribution in [0.5, 0.6) is 5.75 Å². The van der Waals surface area contributed by atoms with Crippen LogP contribution in [0.2, 0.25) is 0 Å². The van der Waals surface area contributed by atoms with Crippen molar-refractivity contribution in [3.63, 3.8) is 0 Å². The van der Waals surface area contributed by atoms with E-state index in [-0.39, 0.29) is 11.3 Å². The lowest BCUT2D eigenvalue weighted by molar-refractivity contribution is 0.253. The van der Waals surface area contributed by atoms with Crippen LogP contribution in [-0.2, 0) is 16.3 Å². The second-order valence-corrected chi connectivity index (χ2v) is 9.11. The van der Waals surface area contributed by atoms with E-state index in [9.17, 15) is 8.42 Å². The Balaban J connectivity index is 2.25. The molecule has 0 bridgehead atoms. The van der Waals surface area contributed by atoms with Gasteiger partial charge in [0.15, 0.2) is 9.84 Å². The number of halogens is 2. The fourth-order valence-corrected chi connectivity index (χ4v) is 7.14. The number of benzene rings is 1. The van der Waals surface area contributed by atoms with Gasteiger partial charge in [0.2, 0.25) is 0 Å². The Labute approximate surface area is 143 Å². The van der Waals surface area contributed by atoms with Crippen LogP contribution < -0.4 is 4.74 Å². The summed E-state index contributed by atoms with van der Waals surface area (Å²) >= 11 is 7.24. The van der Waals surface area contributed by atoms with E-state index in [1.165, 1.54) is 5.56 Å². The molecule has 0 amide bonds. The Bertz CT molecular complexity index is 582. The maximum atomic E-state index is 11.8. The Kier molecular flexibility index (Phi) is 5.77. The molecule has 3 nitrogen and oxygen atoms in total. The average molecular weight is 440 g/mol. The molecule has 118 valence electrons. The number of hydrogen-bond acceptors (Lipinski definition) is 3. The molecule has 0 aliphatic carbocycles. The molecular weight excluding hydrogens is 420 g/mol. The lowest BCUT2D eigenvalue weighted by atomic mass is 9.74. The third-order valence-corrected chi connectivity index (χ3v) is 8.32.